The summed E-state index contributed by atoms with van der Waals surface area (Å²) < 4.78 is 0. The summed E-state index contributed by atoms with van der Waals surface area (Å²) in [4.78, 5) is 23.0. The largest absolute Gasteiger partial charge is 0.507 e. The van der Waals surface area contributed by atoms with Crippen LogP contribution in [0, 0.1) is 12.8 Å². The van der Waals surface area contributed by atoms with Crippen molar-refractivity contribution in [3.8, 4) is 5.75 Å². The zero-order valence-electron chi connectivity index (χ0n) is 10.6. The first-order chi connectivity index (χ1) is 8.34. The van der Waals surface area contributed by atoms with Gasteiger partial charge in [0.2, 0.25) is 0 Å². The minimum atomic E-state index is -1.09. The van der Waals surface area contributed by atoms with Crippen LogP contribution < -0.4 is 5.32 Å². The molecule has 5 nitrogen and oxygen atoms in total. The molecule has 0 radical (unpaired) electrons. The molecule has 1 atom stereocenters. The molecule has 0 bridgehead atoms. The minimum Gasteiger partial charge on any atom is -0.507 e. The number of benzene rings is 1. The van der Waals surface area contributed by atoms with E-state index in [0.717, 1.165) is 0 Å². The molecule has 0 fully saturated rings. The lowest BCUT2D eigenvalue weighted by atomic mass is 10.0. The molecular weight excluding hydrogens is 234 g/mol. The summed E-state index contributed by atoms with van der Waals surface area (Å²) in [6.45, 7) is 5.09. The lowest BCUT2D eigenvalue weighted by Gasteiger charge is -2.18. The van der Waals surface area contributed by atoms with Crippen LogP contribution in [0.1, 0.15) is 29.8 Å². The van der Waals surface area contributed by atoms with Gasteiger partial charge in [0.15, 0.2) is 0 Å². The Bertz CT molecular complexity index is 448. The first-order valence-electron chi connectivity index (χ1n) is 5.66. The van der Waals surface area contributed by atoms with Crippen molar-refractivity contribution in [2.75, 3.05) is 0 Å². The number of hydrogen-bond donors (Lipinski definition) is 3. The van der Waals surface area contributed by atoms with Gasteiger partial charge in [0.1, 0.15) is 11.8 Å². The molecule has 1 rings (SSSR count). The third-order valence-electron chi connectivity index (χ3n) is 2.70. The highest BCUT2D eigenvalue weighted by Crippen LogP contribution is 2.20. The Morgan fingerprint density at radius 3 is 2.33 bits per heavy atom. The van der Waals surface area contributed by atoms with Gasteiger partial charge in [-0.25, -0.2) is 4.79 Å². The van der Waals surface area contributed by atoms with Gasteiger partial charge in [-0.05, 0) is 24.5 Å². The third-order valence-corrected chi connectivity index (χ3v) is 2.70. The Hall–Kier alpha value is -2.04. The van der Waals surface area contributed by atoms with Crippen molar-refractivity contribution in [2.45, 2.75) is 26.8 Å². The molecule has 1 amide bonds. The van der Waals surface area contributed by atoms with Gasteiger partial charge in [-0.3, -0.25) is 4.79 Å². The van der Waals surface area contributed by atoms with Gasteiger partial charge in [0, 0.05) is 0 Å². The number of carboxylic acids is 1. The van der Waals surface area contributed by atoms with Gasteiger partial charge in [0.25, 0.3) is 5.91 Å². The molecule has 3 N–H and O–H groups in total. The summed E-state index contributed by atoms with van der Waals surface area (Å²) in [5.41, 5.74) is 0.713. The molecule has 5 heteroatoms. The SMILES string of the molecule is Cc1cccc(O)c1C(=O)NC(C(=O)O)C(C)C. The highest BCUT2D eigenvalue weighted by atomic mass is 16.4. The summed E-state index contributed by atoms with van der Waals surface area (Å²) in [6.07, 6.45) is 0. The normalized spacial score (nSPS) is 12.2. The number of hydrogen-bond acceptors (Lipinski definition) is 3. The molecular formula is C13H17NO4. The number of amides is 1. The quantitative estimate of drug-likeness (QED) is 0.757. The standard InChI is InChI=1S/C13H17NO4/c1-7(2)11(13(17)18)14-12(16)10-8(3)5-4-6-9(10)15/h4-7,11,15H,1-3H3,(H,14,16)(H,17,18). The maximum atomic E-state index is 12.0. The van der Waals surface area contributed by atoms with Crippen molar-refractivity contribution >= 4 is 11.9 Å². The van der Waals surface area contributed by atoms with Crippen LogP contribution in [-0.4, -0.2) is 28.1 Å². The van der Waals surface area contributed by atoms with Gasteiger partial charge in [-0.1, -0.05) is 26.0 Å². The van der Waals surface area contributed by atoms with E-state index < -0.39 is 17.9 Å². The highest BCUT2D eigenvalue weighted by molar-refractivity contribution is 6.00. The van der Waals surface area contributed by atoms with Crippen LogP contribution in [0.25, 0.3) is 0 Å². The van der Waals surface area contributed by atoms with Crippen LogP contribution in [0.2, 0.25) is 0 Å². The first kappa shape index (κ1) is 14.0. The lowest BCUT2D eigenvalue weighted by Crippen LogP contribution is -2.44. The van der Waals surface area contributed by atoms with Gasteiger partial charge in [0.05, 0.1) is 5.56 Å². The summed E-state index contributed by atoms with van der Waals surface area (Å²) in [5, 5.41) is 21.1. The lowest BCUT2D eigenvalue weighted by molar-refractivity contribution is -0.140. The second-order valence-corrected chi connectivity index (χ2v) is 4.50. The smallest absolute Gasteiger partial charge is 0.326 e. The molecule has 0 aliphatic carbocycles. The summed E-state index contributed by atoms with van der Waals surface area (Å²) in [7, 11) is 0. The third kappa shape index (κ3) is 3.00. The first-order valence-corrected chi connectivity index (χ1v) is 5.66. The number of carboxylic acid groups (broad SMARTS) is 1. The van der Waals surface area contributed by atoms with E-state index in [1.54, 1.807) is 32.9 Å². The molecule has 0 spiro atoms. The number of aromatic hydroxyl groups is 1. The Balaban J connectivity index is 2.98. The molecule has 0 aliphatic heterocycles. The average molecular weight is 251 g/mol. The highest BCUT2D eigenvalue weighted by Gasteiger charge is 2.25. The second kappa shape index (κ2) is 5.53. The number of rotatable bonds is 4. The number of carbonyl (C=O) groups is 2. The summed E-state index contributed by atoms with van der Waals surface area (Å²) in [6, 6.07) is 3.72. The number of carbonyl (C=O) groups excluding carboxylic acids is 1. The fraction of sp³-hybridized carbons (Fsp3) is 0.385. The van der Waals surface area contributed by atoms with E-state index in [0.29, 0.717) is 5.56 Å². The maximum absolute atomic E-state index is 12.0. The minimum absolute atomic E-state index is 0.115. The van der Waals surface area contributed by atoms with Crippen LogP contribution in [0.4, 0.5) is 0 Å². The fourth-order valence-electron chi connectivity index (χ4n) is 1.67. The van der Waals surface area contributed by atoms with E-state index in [2.05, 4.69) is 5.32 Å². The number of phenols is 1. The van der Waals surface area contributed by atoms with Crippen LogP contribution in [-0.2, 0) is 4.79 Å². The monoisotopic (exact) mass is 251 g/mol. The molecule has 0 aromatic heterocycles. The van der Waals surface area contributed by atoms with E-state index in [1.807, 2.05) is 0 Å². The van der Waals surface area contributed by atoms with Gasteiger partial charge < -0.3 is 15.5 Å². The van der Waals surface area contributed by atoms with Crippen molar-refractivity contribution in [1.29, 1.82) is 0 Å². The number of nitrogens with one attached hydrogen (secondary N) is 1. The predicted molar refractivity (Wildman–Crippen MR) is 66.6 cm³/mol. The molecule has 18 heavy (non-hydrogen) atoms. The molecule has 0 aliphatic rings. The Labute approximate surface area is 105 Å². The van der Waals surface area contributed by atoms with Crippen LogP contribution in [0.3, 0.4) is 0 Å². The Kier molecular flexibility index (Phi) is 4.31. The average Bonchev–Trinajstić information content (AvgIpc) is 2.24. The molecule has 1 aromatic carbocycles. The summed E-state index contributed by atoms with van der Waals surface area (Å²) >= 11 is 0. The molecule has 1 aromatic rings. The predicted octanol–water partition coefficient (Wildman–Crippen LogP) is 1.54. The van der Waals surface area contributed by atoms with E-state index in [9.17, 15) is 14.7 Å². The van der Waals surface area contributed by atoms with Crippen molar-refractivity contribution in [3.63, 3.8) is 0 Å². The zero-order valence-corrected chi connectivity index (χ0v) is 10.6. The van der Waals surface area contributed by atoms with Crippen molar-refractivity contribution in [2.24, 2.45) is 5.92 Å². The van der Waals surface area contributed by atoms with Gasteiger partial charge in [-0.15, -0.1) is 0 Å². The number of aryl methyl sites for hydroxylation is 1. The molecule has 1 unspecified atom stereocenters. The summed E-state index contributed by atoms with van der Waals surface area (Å²) in [5.74, 6) is -2.06. The number of phenolic OH excluding ortho intramolecular Hbond substituents is 1. The zero-order chi connectivity index (χ0) is 13.9. The van der Waals surface area contributed by atoms with Crippen molar-refractivity contribution < 1.29 is 19.8 Å². The molecule has 98 valence electrons. The maximum Gasteiger partial charge on any atom is 0.326 e. The van der Waals surface area contributed by atoms with E-state index in [1.165, 1.54) is 6.07 Å². The van der Waals surface area contributed by atoms with Crippen LogP contribution in [0.15, 0.2) is 18.2 Å². The van der Waals surface area contributed by atoms with Crippen LogP contribution in [0.5, 0.6) is 5.75 Å². The molecule has 0 saturated heterocycles. The van der Waals surface area contributed by atoms with Gasteiger partial charge in [-0.2, -0.15) is 0 Å². The van der Waals surface area contributed by atoms with Gasteiger partial charge >= 0.3 is 5.97 Å². The van der Waals surface area contributed by atoms with E-state index in [-0.39, 0.29) is 17.2 Å². The van der Waals surface area contributed by atoms with Crippen LogP contribution >= 0.6 is 0 Å². The second-order valence-electron chi connectivity index (χ2n) is 4.50. The molecule has 0 saturated carbocycles. The number of aliphatic carboxylic acids is 1. The van der Waals surface area contributed by atoms with Crippen molar-refractivity contribution in [1.82, 2.24) is 5.32 Å². The van der Waals surface area contributed by atoms with E-state index >= 15 is 0 Å². The molecule has 0 heterocycles. The van der Waals surface area contributed by atoms with Crippen molar-refractivity contribution in [3.05, 3.63) is 29.3 Å². The topological polar surface area (TPSA) is 86.6 Å². The van der Waals surface area contributed by atoms with E-state index in [4.69, 9.17) is 5.11 Å². The Morgan fingerprint density at radius 1 is 1.28 bits per heavy atom. The fourth-order valence-corrected chi connectivity index (χ4v) is 1.67. The Morgan fingerprint density at radius 2 is 1.89 bits per heavy atom.